The molecule has 2 N–H and O–H groups in total. The molecule has 0 aliphatic rings. The van der Waals surface area contributed by atoms with Gasteiger partial charge < -0.3 is 15.2 Å². The van der Waals surface area contributed by atoms with Gasteiger partial charge in [-0.25, -0.2) is 0 Å². The Morgan fingerprint density at radius 3 is 2.45 bits per heavy atom. The minimum Gasteiger partial charge on any atom is -0.497 e. The van der Waals surface area contributed by atoms with E-state index < -0.39 is 0 Å². The Morgan fingerprint density at radius 1 is 1.20 bits per heavy atom. The van der Waals surface area contributed by atoms with Crippen molar-refractivity contribution in [1.82, 2.24) is 5.32 Å². The molecule has 2 atom stereocenters. The van der Waals surface area contributed by atoms with Crippen LogP contribution in [0.1, 0.15) is 45.1 Å². The van der Waals surface area contributed by atoms with Crippen molar-refractivity contribution in [2.45, 2.75) is 58.0 Å². The van der Waals surface area contributed by atoms with Crippen LogP contribution in [0.3, 0.4) is 0 Å². The van der Waals surface area contributed by atoms with E-state index in [-0.39, 0.29) is 12.6 Å². The molecule has 0 fully saturated rings. The fourth-order valence-electron chi connectivity index (χ4n) is 2.34. The molecule has 3 heteroatoms. The summed E-state index contributed by atoms with van der Waals surface area (Å²) in [5.41, 5.74) is 1.33. The topological polar surface area (TPSA) is 41.5 Å². The van der Waals surface area contributed by atoms with Crippen LogP contribution in [0.2, 0.25) is 0 Å². The van der Waals surface area contributed by atoms with E-state index in [1.54, 1.807) is 7.11 Å². The molecular formula is C17H29NO2. The number of methoxy groups -OCH3 is 1. The molecule has 3 nitrogen and oxygen atoms in total. The third-order valence-electron chi connectivity index (χ3n) is 3.67. The van der Waals surface area contributed by atoms with Gasteiger partial charge in [-0.1, -0.05) is 31.9 Å². The van der Waals surface area contributed by atoms with Gasteiger partial charge in [-0.2, -0.15) is 0 Å². The minimum absolute atomic E-state index is 0.229. The zero-order valence-corrected chi connectivity index (χ0v) is 13.1. The average Bonchev–Trinajstić information content (AvgIpc) is 2.49. The summed E-state index contributed by atoms with van der Waals surface area (Å²) in [5.74, 6) is 0.903. The lowest BCUT2D eigenvalue weighted by molar-refractivity contribution is 0.222. The van der Waals surface area contributed by atoms with Crippen LogP contribution in [0.15, 0.2) is 24.3 Å². The van der Waals surface area contributed by atoms with Gasteiger partial charge in [0, 0.05) is 12.1 Å². The number of hydrogen-bond acceptors (Lipinski definition) is 3. The van der Waals surface area contributed by atoms with Crippen LogP contribution in [0, 0.1) is 0 Å². The minimum atomic E-state index is 0.229. The molecule has 0 aromatic heterocycles. The third kappa shape index (κ3) is 6.40. The quantitative estimate of drug-likeness (QED) is 0.691. The largest absolute Gasteiger partial charge is 0.497 e. The molecule has 0 bridgehead atoms. The Bertz CT molecular complexity index is 351. The summed E-state index contributed by atoms with van der Waals surface area (Å²) in [6.45, 7) is 4.60. The molecule has 0 saturated carbocycles. The number of aryl methyl sites for hydroxylation is 1. The van der Waals surface area contributed by atoms with Crippen LogP contribution < -0.4 is 10.1 Å². The van der Waals surface area contributed by atoms with E-state index in [4.69, 9.17) is 4.74 Å². The highest BCUT2D eigenvalue weighted by molar-refractivity contribution is 5.27. The van der Waals surface area contributed by atoms with Crippen molar-refractivity contribution in [2.24, 2.45) is 0 Å². The molecule has 0 spiro atoms. The average molecular weight is 279 g/mol. The lowest BCUT2D eigenvalue weighted by atomic mass is 10.0. The first kappa shape index (κ1) is 17.0. The molecule has 1 aromatic rings. The zero-order chi connectivity index (χ0) is 14.8. The van der Waals surface area contributed by atoms with Gasteiger partial charge in [0.05, 0.1) is 13.7 Å². The Hall–Kier alpha value is -1.06. The van der Waals surface area contributed by atoms with E-state index in [9.17, 15) is 5.11 Å². The fourth-order valence-corrected chi connectivity index (χ4v) is 2.34. The number of nitrogens with one attached hydrogen (secondary N) is 1. The first-order valence-electron chi connectivity index (χ1n) is 7.69. The van der Waals surface area contributed by atoms with Gasteiger partial charge in [0.15, 0.2) is 0 Å². The van der Waals surface area contributed by atoms with Gasteiger partial charge in [-0.05, 0) is 43.9 Å². The Labute approximate surface area is 123 Å². The molecule has 0 heterocycles. The predicted octanol–water partition coefficient (Wildman–Crippen LogP) is 3.16. The molecule has 0 radical (unpaired) electrons. The van der Waals surface area contributed by atoms with E-state index >= 15 is 0 Å². The van der Waals surface area contributed by atoms with Gasteiger partial charge in [0.25, 0.3) is 0 Å². The molecule has 20 heavy (non-hydrogen) atoms. The highest BCUT2D eigenvalue weighted by Gasteiger charge is 2.10. The summed E-state index contributed by atoms with van der Waals surface area (Å²) >= 11 is 0. The maximum Gasteiger partial charge on any atom is 0.118 e. The molecule has 0 aliphatic carbocycles. The number of aliphatic hydroxyl groups is 1. The van der Waals surface area contributed by atoms with E-state index in [1.807, 2.05) is 12.1 Å². The normalized spacial score (nSPS) is 14.0. The standard InChI is InChI=1S/C17H29NO2/c1-4-5-6-16(13-19)18-14(2)7-8-15-9-11-17(20-3)12-10-15/h9-12,14,16,18-19H,4-8,13H2,1-3H3/t14-,16+/m0/s1. The van der Waals surface area contributed by atoms with E-state index in [1.165, 1.54) is 18.4 Å². The second kappa shape index (κ2) is 9.78. The van der Waals surface area contributed by atoms with E-state index in [0.29, 0.717) is 6.04 Å². The number of hydrogen-bond donors (Lipinski definition) is 2. The van der Waals surface area contributed by atoms with Crippen LogP contribution >= 0.6 is 0 Å². The smallest absolute Gasteiger partial charge is 0.118 e. The summed E-state index contributed by atoms with van der Waals surface area (Å²) in [5, 5.41) is 12.9. The molecule has 0 saturated heterocycles. The van der Waals surface area contributed by atoms with Crippen molar-refractivity contribution in [1.29, 1.82) is 0 Å². The third-order valence-corrected chi connectivity index (χ3v) is 3.67. The second-order valence-corrected chi connectivity index (χ2v) is 5.48. The number of ether oxygens (including phenoxy) is 1. The molecule has 114 valence electrons. The fraction of sp³-hybridized carbons (Fsp3) is 0.647. The monoisotopic (exact) mass is 279 g/mol. The van der Waals surface area contributed by atoms with Gasteiger partial charge in [0.1, 0.15) is 5.75 Å². The van der Waals surface area contributed by atoms with Crippen molar-refractivity contribution in [2.75, 3.05) is 13.7 Å². The van der Waals surface area contributed by atoms with Crippen LogP contribution in [0.25, 0.3) is 0 Å². The summed E-state index contributed by atoms with van der Waals surface area (Å²) in [4.78, 5) is 0. The van der Waals surface area contributed by atoms with Crippen molar-refractivity contribution < 1.29 is 9.84 Å². The van der Waals surface area contributed by atoms with Crippen LogP contribution in [0.4, 0.5) is 0 Å². The molecule has 1 rings (SSSR count). The lowest BCUT2D eigenvalue weighted by Gasteiger charge is -2.21. The SMILES string of the molecule is CCCC[C@H](CO)N[C@@H](C)CCc1ccc(OC)cc1. The lowest BCUT2D eigenvalue weighted by Crippen LogP contribution is -2.39. The maximum atomic E-state index is 9.37. The summed E-state index contributed by atoms with van der Waals surface area (Å²) in [6, 6.07) is 8.90. The summed E-state index contributed by atoms with van der Waals surface area (Å²) < 4.78 is 5.16. The van der Waals surface area contributed by atoms with Crippen molar-refractivity contribution >= 4 is 0 Å². The van der Waals surface area contributed by atoms with Crippen molar-refractivity contribution in [3.63, 3.8) is 0 Å². The van der Waals surface area contributed by atoms with Gasteiger partial charge in [0.2, 0.25) is 0 Å². The van der Waals surface area contributed by atoms with E-state index in [0.717, 1.165) is 25.0 Å². The number of aliphatic hydroxyl groups excluding tert-OH is 1. The predicted molar refractivity (Wildman–Crippen MR) is 84.3 cm³/mol. The van der Waals surface area contributed by atoms with Gasteiger partial charge in [-0.15, -0.1) is 0 Å². The van der Waals surface area contributed by atoms with E-state index in [2.05, 4.69) is 31.3 Å². The van der Waals surface area contributed by atoms with Crippen LogP contribution in [0.5, 0.6) is 5.75 Å². The highest BCUT2D eigenvalue weighted by Crippen LogP contribution is 2.13. The molecule has 1 aromatic carbocycles. The maximum absolute atomic E-state index is 9.37. The molecule has 0 aliphatic heterocycles. The molecule has 0 unspecified atom stereocenters. The first-order valence-corrected chi connectivity index (χ1v) is 7.69. The van der Waals surface area contributed by atoms with Crippen molar-refractivity contribution in [3.8, 4) is 5.75 Å². The summed E-state index contributed by atoms with van der Waals surface area (Å²) in [7, 11) is 1.69. The van der Waals surface area contributed by atoms with Gasteiger partial charge in [-0.3, -0.25) is 0 Å². The highest BCUT2D eigenvalue weighted by atomic mass is 16.5. The molecular weight excluding hydrogens is 250 g/mol. The first-order chi connectivity index (χ1) is 9.69. The number of benzene rings is 1. The molecule has 0 amide bonds. The zero-order valence-electron chi connectivity index (χ0n) is 13.1. The van der Waals surface area contributed by atoms with Crippen LogP contribution in [-0.4, -0.2) is 30.9 Å². The Morgan fingerprint density at radius 2 is 1.90 bits per heavy atom. The van der Waals surface area contributed by atoms with Gasteiger partial charge >= 0.3 is 0 Å². The number of unbranched alkanes of at least 4 members (excludes halogenated alkanes) is 1. The number of rotatable bonds is 10. The summed E-state index contributed by atoms with van der Waals surface area (Å²) in [6.07, 6.45) is 5.53. The Kier molecular flexibility index (Phi) is 8.31. The van der Waals surface area contributed by atoms with Crippen molar-refractivity contribution in [3.05, 3.63) is 29.8 Å². The second-order valence-electron chi connectivity index (χ2n) is 5.48. The Balaban J connectivity index is 2.31. The van der Waals surface area contributed by atoms with Crippen LogP contribution in [-0.2, 0) is 6.42 Å².